The number of carbonyl (C=O) groups is 1. The summed E-state index contributed by atoms with van der Waals surface area (Å²) in [6.45, 7) is 1.39. The number of amides is 1. The molecule has 4 rings (SSSR count). The Labute approximate surface area is 144 Å². The minimum atomic E-state index is -0.0945. The Morgan fingerprint density at radius 2 is 2.08 bits per heavy atom. The van der Waals surface area contributed by atoms with Crippen LogP contribution in [0.1, 0.15) is 34.9 Å². The number of aromatic amines is 1. The van der Waals surface area contributed by atoms with E-state index < -0.39 is 0 Å². The summed E-state index contributed by atoms with van der Waals surface area (Å²) >= 11 is 6.02. The van der Waals surface area contributed by atoms with Gasteiger partial charge in [0.25, 0.3) is 5.91 Å². The lowest BCUT2D eigenvalue weighted by atomic mass is 9.93. The molecule has 1 saturated heterocycles. The van der Waals surface area contributed by atoms with Gasteiger partial charge in [0.15, 0.2) is 0 Å². The molecule has 5 nitrogen and oxygen atoms in total. The van der Waals surface area contributed by atoms with Crippen LogP contribution in [-0.4, -0.2) is 39.1 Å². The molecule has 0 radical (unpaired) electrons. The second kappa shape index (κ2) is 6.24. The van der Waals surface area contributed by atoms with Gasteiger partial charge in [0.05, 0.1) is 11.2 Å². The first-order chi connectivity index (χ1) is 11.7. The predicted octanol–water partition coefficient (Wildman–Crippen LogP) is 3.63. The van der Waals surface area contributed by atoms with Crippen molar-refractivity contribution in [1.82, 2.24) is 20.1 Å². The number of nitrogens with one attached hydrogen (secondary N) is 1. The Balaban J connectivity index is 1.57. The van der Waals surface area contributed by atoms with Gasteiger partial charge in [-0.15, -0.1) is 0 Å². The van der Waals surface area contributed by atoms with Gasteiger partial charge < -0.3 is 4.90 Å². The second-order valence-corrected chi connectivity index (χ2v) is 6.55. The molecule has 1 aromatic carbocycles. The average molecular weight is 341 g/mol. The van der Waals surface area contributed by atoms with Crippen LogP contribution in [0.3, 0.4) is 0 Å². The number of rotatable bonds is 2. The smallest absolute Gasteiger partial charge is 0.273 e. The van der Waals surface area contributed by atoms with Gasteiger partial charge in [0, 0.05) is 36.3 Å². The lowest BCUT2D eigenvalue weighted by Gasteiger charge is -2.32. The van der Waals surface area contributed by atoms with Gasteiger partial charge in [-0.2, -0.15) is 5.10 Å². The highest BCUT2D eigenvalue weighted by Crippen LogP contribution is 2.28. The van der Waals surface area contributed by atoms with Crippen LogP contribution in [0.2, 0.25) is 5.02 Å². The van der Waals surface area contributed by atoms with Crippen molar-refractivity contribution in [1.29, 1.82) is 0 Å². The van der Waals surface area contributed by atoms with E-state index in [1.165, 1.54) is 11.6 Å². The molecule has 0 bridgehead atoms. The molecule has 3 heterocycles. The SMILES string of the molecule is O=C(c1[nH]ncc1Cl)N1CCC[C@@H](c2cc3ccccc3cn2)C1. The van der Waals surface area contributed by atoms with E-state index in [-0.39, 0.29) is 11.8 Å². The molecule has 0 unspecified atom stereocenters. The third-order valence-electron chi connectivity index (χ3n) is 4.59. The van der Waals surface area contributed by atoms with Gasteiger partial charge in [-0.05, 0) is 24.3 Å². The molecule has 3 aromatic rings. The van der Waals surface area contributed by atoms with Crippen LogP contribution in [0.5, 0.6) is 0 Å². The highest BCUT2D eigenvalue weighted by Gasteiger charge is 2.28. The van der Waals surface area contributed by atoms with Crippen LogP contribution in [0, 0.1) is 0 Å². The Kier molecular flexibility index (Phi) is 3.94. The second-order valence-electron chi connectivity index (χ2n) is 6.14. The first-order valence-corrected chi connectivity index (χ1v) is 8.43. The van der Waals surface area contributed by atoms with Crippen molar-refractivity contribution >= 4 is 28.3 Å². The van der Waals surface area contributed by atoms with Crippen LogP contribution in [0.15, 0.2) is 42.7 Å². The molecular weight excluding hydrogens is 324 g/mol. The van der Waals surface area contributed by atoms with Crippen molar-refractivity contribution in [2.24, 2.45) is 0 Å². The summed E-state index contributed by atoms with van der Waals surface area (Å²) in [6, 6.07) is 10.3. The van der Waals surface area contributed by atoms with Crippen LogP contribution < -0.4 is 0 Å². The molecule has 1 aliphatic rings. The number of H-pyrrole nitrogens is 1. The first-order valence-electron chi connectivity index (χ1n) is 8.05. The molecule has 1 N–H and O–H groups in total. The number of benzene rings is 1. The number of hydrogen-bond donors (Lipinski definition) is 1. The number of aromatic nitrogens is 3. The standard InChI is InChI=1S/C18H17ClN4O/c19-15-10-21-22-17(15)18(24)23-7-3-6-14(11-23)16-8-12-4-1-2-5-13(12)9-20-16/h1-2,4-5,8-10,14H,3,6-7,11H2,(H,21,22)/t14-/m1/s1. The Morgan fingerprint density at radius 3 is 2.88 bits per heavy atom. The van der Waals surface area contributed by atoms with Crippen molar-refractivity contribution in [2.45, 2.75) is 18.8 Å². The largest absolute Gasteiger partial charge is 0.337 e. The third kappa shape index (κ3) is 2.76. The molecule has 1 fully saturated rings. The van der Waals surface area contributed by atoms with E-state index in [4.69, 9.17) is 11.6 Å². The molecule has 2 aromatic heterocycles. The minimum Gasteiger partial charge on any atom is -0.337 e. The van der Waals surface area contributed by atoms with Gasteiger partial charge in [0.1, 0.15) is 5.69 Å². The number of piperidine rings is 1. The maximum atomic E-state index is 12.6. The predicted molar refractivity (Wildman–Crippen MR) is 93.2 cm³/mol. The van der Waals surface area contributed by atoms with Crippen LogP contribution in [-0.2, 0) is 0 Å². The molecule has 0 spiro atoms. The normalized spacial score (nSPS) is 18.0. The average Bonchev–Trinajstić information content (AvgIpc) is 3.07. The van der Waals surface area contributed by atoms with Gasteiger partial charge in [0.2, 0.25) is 0 Å². The number of carbonyl (C=O) groups excluding carboxylic acids is 1. The molecular formula is C18H17ClN4O. The fraction of sp³-hybridized carbons (Fsp3) is 0.278. The fourth-order valence-corrected chi connectivity index (χ4v) is 3.48. The number of nitrogens with zero attached hydrogens (tertiary/aromatic N) is 3. The van der Waals surface area contributed by atoms with E-state index in [0.717, 1.165) is 30.5 Å². The summed E-state index contributed by atoms with van der Waals surface area (Å²) in [7, 11) is 0. The lowest BCUT2D eigenvalue weighted by molar-refractivity contribution is 0.0700. The molecule has 24 heavy (non-hydrogen) atoms. The van der Waals surface area contributed by atoms with Crippen molar-refractivity contribution in [2.75, 3.05) is 13.1 Å². The molecule has 0 saturated carbocycles. The van der Waals surface area contributed by atoms with E-state index >= 15 is 0 Å². The first kappa shape index (κ1) is 15.1. The van der Waals surface area contributed by atoms with Gasteiger partial charge in [-0.25, -0.2) is 0 Å². The number of halogens is 1. The number of pyridine rings is 1. The quantitative estimate of drug-likeness (QED) is 0.774. The summed E-state index contributed by atoms with van der Waals surface area (Å²) < 4.78 is 0. The zero-order chi connectivity index (χ0) is 16.5. The maximum absolute atomic E-state index is 12.6. The van der Waals surface area contributed by atoms with Gasteiger partial charge in [-0.1, -0.05) is 35.9 Å². The van der Waals surface area contributed by atoms with E-state index in [1.807, 2.05) is 23.2 Å². The van der Waals surface area contributed by atoms with E-state index in [0.29, 0.717) is 17.3 Å². The molecule has 1 aliphatic heterocycles. The highest BCUT2D eigenvalue weighted by atomic mass is 35.5. The zero-order valence-corrected chi connectivity index (χ0v) is 13.8. The molecule has 122 valence electrons. The van der Waals surface area contributed by atoms with Crippen LogP contribution >= 0.6 is 11.6 Å². The van der Waals surface area contributed by atoms with E-state index in [2.05, 4.69) is 33.4 Å². The summed E-state index contributed by atoms with van der Waals surface area (Å²) in [5, 5.41) is 9.21. The van der Waals surface area contributed by atoms with Crippen molar-refractivity contribution in [3.8, 4) is 0 Å². The molecule has 0 aliphatic carbocycles. The van der Waals surface area contributed by atoms with Crippen molar-refractivity contribution in [3.05, 3.63) is 59.1 Å². The van der Waals surface area contributed by atoms with Gasteiger partial charge in [-0.3, -0.25) is 14.9 Å². The van der Waals surface area contributed by atoms with Crippen LogP contribution in [0.4, 0.5) is 0 Å². The van der Waals surface area contributed by atoms with Crippen molar-refractivity contribution in [3.63, 3.8) is 0 Å². The molecule has 6 heteroatoms. The zero-order valence-electron chi connectivity index (χ0n) is 13.1. The summed E-state index contributed by atoms with van der Waals surface area (Å²) in [4.78, 5) is 19.1. The monoisotopic (exact) mass is 340 g/mol. The number of likely N-dealkylation sites (tertiary alicyclic amines) is 1. The molecule has 1 atom stereocenters. The minimum absolute atomic E-state index is 0.0945. The Bertz CT molecular complexity index is 891. The highest BCUT2D eigenvalue weighted by molar-refractivity contribution is 6.33. The lowest BCUT2D eigenvalue weighted by Crippen LogP contribution is -2.39. The van der Waals surface area contributed by atoms with E-state index in [9.17, 15) is 4.79 Å². The summed E-state index contributed by atoms with van der Waals surface area (Å²) in [6.07, 6.45) is 5.36. The fourth-order valence-electron chi connectivity index (χ4n) is 3.31. The van der Waals surface area contributed by atoms with E-state index in [1.54, 1.807) is 0 Å². The summed E-state index contributed by atoms with van der Waals surface area (Å²) in [5.41, 5.74) is 1.41. The third-order valence-corrected chi connectivity index (χ3v) is 4.87. The van der Waals surface area contributed by atoms with Crippen molar-refractivity contribution < 1.29 is 4.79 Å². The Hall–Kier alpha value is -2.40. The number of hydrogen-bond acceptors (Lipinski definition) is 3. The number of fused-ring (bicyclic) bond motifs is 1. The Morgan fingerprint density at radius 1 is 1.25 bits per heavy atom. The maximum Gasteiger partial charge on any atom is 0.273 e. The topological polar surface area (TPSA) is 61.9 Å². The molecule has 1 amide bonds. The van der Waals surface area contributed by atoms with Crippen LogP contribution in [0.25, 0.3) is 10.8 Å². The van der Waals surface area contributed by atoms with Gasteiger partial charge >= 0.3 is 0 Å². The summed E-state index contributed by atoms with van der Waals surface area (Å²) in [5.74, 6) is 0.150.